The van der Waals surface area contributed by atoms with Crippen LogP contribution in [-0.2, 0) is 31.6 Å². The molecule has 1 aliphatic heterocycles. The van der Waals surface area contributed by atoms with Crippen LogP contribution in [0.15, 0.2) is 64.7 Å². The molecule has 0 fully saturated rings. The molecule has 2 aromatic rings. The second kappa shape index (κ2) is 12.7. The third kappa shape index (κ3) is 7.55. The number of hydrogen-bond acceptors (Lipinski definition) is 9. The van der Waals surface area contributed by atoms with E-state index in [-0.39, 0.29) is 37.6 Å². The summed E-state index contributed by atoms with van der Waals surface area (Å²) in [7, 11) is -2.93. The largest absolute Gasteiger partial charge is 0.442 e. The zero-order valence-electron chi connectivity index (χ0n) is 23.1. The Morgan fingerprint density at radius 1 is 1.25 bits per heavy atom. The lowest BCUT2D eigenvalue weighted by Gasteiger charge is -2.41. The minimum atomic E-state index is -4.15. The van der Waals surface area contributed by atoms with Crippen LogP contribution in [0.4, 0.5) is 9.18 Å². The van der Waals surface area contributed by atoms with E-state index in [0.29, 0.717) is 5.01 Å². The molecule has 11 nitrogen and oxygen atoms in total. The molecule has 0 aromatic heterocycles. The highest BCUT2D eigenvalue weighted by atomic mass is 32.2. The second-order valence-corrected chi connectivity index (χ2v) is 12.4. The number of hydrazone groups is 1. The molecule has 0 bridgehead atoms. The standard InChI is InChI=1S/C27H36FN5O6S/c1-26(2,3)39-25(35)33(31-29-4)24-30-27(19-40(36,37)32(24)5,22-13-9-10-14-23(22)28)16-15-21(17-34)38-18-20-11-7-6-8-12-20/h6-14,21,31,34H,4,15-19H2,1-3,5H3. The van der Waals surface area contributed by atoms with Gasteiger partial charge in [0.1, 0.15) is 17.0 Å². The number of nitrogens with zero attached hydrogens (tertiary/aromatic N) is 4. The Morgan fingerprint density at radius 2 is 1.90 bits per heavy atom. The average molecular weight is 578 g/mol. The van der Waals surface area contributed by atoms with Crippen LogP contribution in [0, 0.1) is 5.82 Å². The Kier molecular flexibility index (Phi) is 9.87. The summed E-state index contributed by atoms with van der Waals surface area (Å²) in [5.41, 5.74) is 0.629. The Morgan fingerprint density at radius 3 is 2.50 bits per heavy atom. The van der Waals surface area contributed by atoms with Crippen molar-refractivity contribution in [1.82, 2.24) is 14.8 Å². The molecule has 218 valence electrons. The van der Waals surface area contributed by atoms with Crippen molar-refractivity contribution in [2.45, 2.75) is 57.5 Å². The Hall–Kier alpha value is -3.55. The normalized spacial score (nSPS) is 19.4. The number of hydrogen-bond donors (Lipinski definition) is 2. The summed E-state index contributed by atoms with van der Waals surface area (Å²) in [6.07, 6.45) is -1.59. The number of aliphatic hydroxyl groups excluding tert-OH is 1. The lowest BCUT2D eigenvalue weighted by molar-refractivity contribution is -0.00625. The van der Waals surface area contributed by atoms with E-state index in [0.717, 1.165) is 9.87 Å². The van der Waals surface area contributed by atoms with Crippen molar-refractivity contribution in [2.75, 3.05) is 19.4 Å². The molecule has 0 radical (unpaired) electrons. The minimum Gasteiger partial charge on any atom is -0.442 e. The molecular weight excluding hydrogens is 541 g/mol. The highest BCUT2D eigenvalue weighted by Crippen LogP contribution is 2.39. The number of benzene rings is 2. The lowest BCUT2D eigenvalue weighted by Crippen LogP contribution is -2.59. The zero-order chi connectivity index (χ0) is 29.6. The van der Waals surface area contributed by atoms with Gasteiger partial charge in [-0.2, -0.15) is 5.10 Å². The molecule has 2 N–H and O–H groups in total. The van der Waals surface area contributed by atoms with E-state index in [4.69, 9.17) is 9.47 Å². The van der Waals surface area contributed by atoms with Gasteiger partial charge in [-0.25, -0.2) is 32.4 Å². The fraction of sp³-hybridized carbons (Fsp3) is 0.444. The van der Waals surface area contributed by atoms with Gasteiger partial charge in [0, 0.05) is 19.3 Å². The maximum absolute atomic E-state index is 15.3. The highest BCUT2D eigenvalue weighted by Gasteiger charge is 2.48. The quantitative estimate of drug-likeness (QED) is 0.327. The topological polar surface area (TPSA) is 133 Å². The van der Waals surface area contributed by atoms with E-state index >= 15 is 4.39 Å². The molecule has 1 heterocycles. The van der Waals surface area contributed by atoms with Crippen LogP contribution in [-0.4, -0.2) is 72.7 Å². The molecule has 2 aromatic carbocycles. The number of ether oxygens (including phenoxy) is 2. The number of amides is 1. The van der Waals surface area contributed by atoms with Crippen LogP contribution in [0.1, 0.15) is 44.7 Å². The van der Waals surface area contributed by atoms with Gasteiger partial charge in [-0.05, 0) is 45.2 Å². The number of rotatable bonds is 10. The van der Waals surface area contributed by atoms with Crippen molar-refractivity contribution in [1.29, 1.82) is 0 Å². The molecule has 0 saturated carbocycles. The summed E-state index contributed by atoms with van der Waals surface area (Å²) in [6, 6.07) is 15.1. The number of hydrazine groups is 1. The Labute approximate surface area is 234 Å². The summed E-state index contributed by atoms with van der Waals surface area (Å²) in [6.45, 7) is 8.11. The van der Waals surface area contributed by atoms with Gasteiger partial charge in [-0.15, -0.1) is 5.01 Å². The number of aliphatic imine (C=N–C) groups is 1. The van der Waals surface area contributed by atoms with Gasteiger partial charge in [0.25, 0.3) is 0 Å². The fourth-order valence-corrected chi connectivity index (χ4v) is 5.74. The van der Waals surface area contributed by atoms with E-state index in [1.165, 1.54) is 25.2 Å². The number of guanidine groups is 1. The van der Waals surface area contributed by atoms with E-state index in [9.17, 15) is 18.3 Å². The van der Waals surface area contributed by atoms with Gasteiger partial charge in [0.05, 0.1) is 25.1 Å². The molecule has 3 rings (SSSR count). The maximum Gasteiger partial charge on any atom is 0.437 e. The molecule has 0 saturated heterocycles. The van der Waals surface area contributed by atoms with Crippen LogP contribution in [0.2, 0.25) is 0 Å². The first-order chi connectivity index (χ1) is 18.8. The molecular formula is C27H36FN5O6S. The summed E-state index contributed by atoms with van der Waals surface area (Å²) >= 11 is 0. The third-order valence-electron chi connectivity index (χ3n) is 6.17. The number of aliphatic hydroxyl groups is 1. The van der Waals surface area contributed by atoms with Crippen LogP contribution in [0.25, 0.3) is 0 Å². The lowest BCUT2D eigenvalue weighted by atomic mass is 9.86. The maximum atomic E-state index is 15.3. The predicted molar refractivity (Wildman–Crippen MR) is 149 cm³/mol. The number of nitrogens with one attached hydrogen (secondary N) is 1. The molecule has 0 aliphatic carbocycles. The number of sulfonamides is 1. The molecule has 0 spiro atoms. The van der Waals surface area contributed by atoms with Gasteiger partial charge in [-0.1, -0.05) is 48.5 Å². The summed E-state index contributed by atoms with van der Waals surface area (Å²) in [5, 5.41) is 14.2. The molecule has 2 unspecified atom stereocenters. The van der Waals surface area contributed by atoms with Crippen LogP contribution >= 0.6 is 0 Å². The highest BCUT2D eigenvalue weighted by molar-refractivity contribution is 7.89. The van der Waals surface area contributed by atoms with Crippen LogP contribution < -0.4 is 5.53 Å². The Bertz CT molecular complexity index is 1320. The van der Waals surface area contributed by atoms with E-state index < -0.39 is 44.9 Å². The fourth-order valence-electron chi connectivity index (χ4n) is 4.21. The smallest absolute Gasteiger partial charge is 0.437 e. The first-order valence-corrected chi connectivity index (χ1v) is 14.2. The number of carbonyl (C=O) groups excluding carboxylic acids is 1. The predicted octanol–water partition coefficient (Wildman–Crippen LogP) is 3.37. The van der Waals surface area contributed by atoms with E-state index in [1.54, 1.807) is 26.8 Å². The first kappa shape index (κ1) is 31.0. The SMILES string of the molecule is C=NNN(C(=O)OC(C)(C)C)C1=NC(CCC(CO)OCc2ccccc2)(c2ccccc2F)CS(=O)(=O)N1C. The summed E-state index contributed by atoms with van der Waals surface area (Å²) in [5.74, 6) is -1.65. The first-order valence-electron chi connectivity index (χ1n) is 12.6. The van der Waals surface area contributed by atoms with Crippen molar-refractivity contribution < 1.29 is 32.2 Å². The summed E-state index contributed by atoms with van der Waals surface area (Å²) < 4.78 is 54.5. The van der Waals surface area contributed by atoms with Crippen molar-refractivity contribution in [2.24, 2.45) is 10.1 Å². The van der Waals surface area contributed by atoms with Gasteiger partial charge in [-0.3, -0.25) is 0 Å². The second-order valence-electron chi connectivity index (χ2n) is 10.4. The van der Waals surface area contributed by atoms with Crippen molar-refractivity contribution in [3.05, 3.63) is 71.5 Å². The number of carbonyl (C=O) groups is 1. The monoisotopic (exact) mass is 577 g/mol. The zero-order valence-corrected chi connectivity index (χ0v) is 23.9. The molecule has 2 atom stereocenters. The van der Waals surface area contributed by atoms with Crippen LogP contribution in [0.5, 0.6) is 0 Å². The number of halogens is 1. The van der Waals surface area contributed by atoms with E-state index in [2.05, 4.69) is 22.3 Å². The average Bonchev–Trinajstić information content (AvgIpc) is 2.89. The third-order valence-corrected chi connectivity index (χ3v) is 8.01. The van der Waals surface area contributed by atoms with Crippen LogP contribution in [0.3, 0.4) is 0 Å². The van der Waals surface area contributed by atoms with E-state index in [1.807, 2.05) is 30.3 Å². The van der Waals surface area contributed by atoms with Crippen molar-refractivity contribution >= 4 is 28.8 Å². The Balaban J connectivity index is 2.06. The molecule has 13 heteroatoms. The molecule has 1 aliphatic rings. The molecule has 1 amide bonds. The van der Waals surface area contributed by atoms with Crippen molar-refractivity contribution in [3.63, 3.8) is 0 Å². The minimum absolute atomic E-state index is 0.0135. The summed E-state index contributed by atoms with van der Waals surface area (Å²) in [4.78, 5) is 17.8. The molecule has 40 heavy (non-hydrogen) atoms. The van der Waals surface area contributed by atoms with Crippen molar-refractivity contribution in [3.8, 4) is 0 Å². The van der Waals surface area contributed by atoms with Gasteiger partial charge in [0.15, 0.2) is 0 Å². The van der Waals surface area contributed by atoms with Gasteiger partial charge in [0.2, 0.25) is 16.0 Å². The van der Waals surface area contributed by atoms with Gasteiger partial charge < -0.3 is 14.6 Å². The van der Waals surface area contributed by atoms with Gasteiger partial charge >= 0.3 is 6.09 Å².